The van der Waals surface area contributed by atoms with Crippen molar-refractivity contribution in [2.75, 3.05) is 17.2 Å². The number of aryl methyl sites for hydroxylation is 1. The Hall–Kier alpha value is -3.35. The molecule has 0 aliphatic rings. The summed E-state index contributed by atoms with van der Waals surface area (Å²) in [5.74, 6) is -0.484. The van der Waals surface area contributed by atoms with Crippen LogP contribution in [0.25, 0.3) is 0 Å². The zero-order chi connectivity index (χ0) is 21.4. The molecule has 0 atom stereocenters. The fraction of sp³-hybridized carbons (Fsp3) is 0.318. The summed E-state index contributed by atoms with van der Waals surface area (Å²) in [6.07, 6.45) is -0.467. The molecule has 0 spiro atoms. The number of nitrogens with one attached hydrogen (secondary N) is 3. The standard InChI is InChI=1S/C22H27N3O4/c1-15-7-5-8-16(13-15)20(27)25-18-10-6-9-17(14-18)24-19(26)11-12-23-21(28)29-22(2,3)4/h5-10,13-14H,11-12H2,1-4H3,(H,23,28)(H,24,26)(H,25,27). The molecule has 0 aliphatic carbocycles. The molecular weight excluding hydrogens is 370 g/mol. The van der Waals surface area contributed by atoms with E-state index in [0.717, 1.165) is 5.56 Å². The number of anilines is 2. The van der Waals surface area contributed by atoms with Crippen molar-refractivity contribution in [3.05, 3.63) is 59.7 Å². The molecule has 0 aromatic heterocycles. The van der Waals surface area contributed by atoms with E-state index in [0.29, 0.717) is 16.9 Å². The van der Waals surface area contributed by atoms with Crippen molar-refractivity contribution < 1.29 is 19.1 Å². The Kier molecular flexibility index (Phi) is 7.36. The van der Waals surface area contributed by atoms with Gasteiger partial charge in [0.05, 0.1) is 0 Å². The first-order chi connectivity index (χ1) is 13.6. The zero-order valence-corrected chi connectivity index (χ0v) is 17.2. The summed E-state index contributed by atoms with van der Waals surface area (Å²) in [5.41, 5.74) is 2.09. The summed E-state index contributed by atoms with van der Waals surface area (Å²) in [5, 5.41) is 8.10. The molecule has 154 valence electrons. The summed E-state index contributed by atoms with van der Waals surface area (Å²) in [4.78, 5) is 36.0. The smallest absolute Gasteiger partial charge is 0.407 e. The van der Waals surface area contributed by atoms with E-state index in [1.54, 1.807) is 57.2 Å². The van der Waals surface area contributed by atoms with Crippen LogP contribution in [0.2, 0.25) is 0 Å². The highest BCUT2D eigenvalue weighted by Gasteiger charge is 2.16. The van der Waals surface area contributed by atoms with Gasteiger partial charge in [-0.05, 0) is 58.0 Å². The van der Waals surface area contributed by atoms with Crippen LogP contribution in [0.1, 0.15) is 43.1 Å². The maximum absolute atomic E-state index is 12.4. The van der Waals surface area contributed by atoms with Crippen LogP contribution in [-0.2, 0) is 9.53 Å². The van der Waals surface area contributed by atoms with Gasteiger partial charge in [-0.1, -0.05) is 23.8 Å². The molecule has 3 amide bonds. The number of alkyl carbamates (subject to hydrolysis) is 1. The van der Waals surface area contributed by atoms with Gasteiger partial charge >= 0.3 is 6.09 Å². The number of hydrogen-bond acceptors (Lipinski definition) is 4. The van der Waals surface area contributed by atoms with Gasteiger partial charge in [0.25, 0.3) is 5.91 Å². The molecular formula is C22H27N3O4. The van der Waals surface area contributed by atoms with Crippen LogP contribution in [0, 0.1) is 6.92 Å². The van der Waals surface area contributed by atoms with E-state index in [-0.39, 0.29) is 24.8 Å². The van der Waals surface area contributed by atoms with Crippen molar-refractivity contribution in [3.8, 4) is 0 Å². The Bertz CT molecular complexity index is 888. The average Bonchev–Trinajstić information content (AvgIpc) is 2.60. The van der Waals surface area contributed by atoms with E-state index >= 15 is 0 Å². The second kappa shape index (κ2) is 9.73. The number of amides is 3. The highest BCUT2D eigenvalue weighted by molar-refractivity contribution is 6.04. The number of hydrogen-bond donors (Lipinski definition) is 3. The van der Waals surface area contributed by atoms with Crippen LogP contribution in [0.3, 0.4) is 0 Å². The van der Waals surface area contributed by atoms with Gasteiger partial charge in [-0.25, -0.2) is 4.79 Å². The molecule has 3 N–H and O–H groups in total. The predicted molar refractivity (Wildman–Crippen MR) is 113 cm³/mol. The van der Waals surface area contributed by atoms with E-state index in [2.05, 4.69) is 16.0 Å². The van der Waals surface area contributed by atoms with Crippen molar-refractivity contribution >= 4 is 29.3 Å². The summed E-state index contributed by atoms with van der Waals surface area (Å²) >= 11 is 0. The number of benzene rings is 2. The third-order valence-corrected chi connectivity index (χ3v) is 3.70. The van der Waals surface area contributed by atoms with Crippen LogP contribution >= 0.6 is 0 Å². The van der Waals surface area contributed by atoms with Crippen molar-refractivity contribution in [2.45, 2.75) is 39.7 Å². The fourth-order valence-electron chi connectivity index (χ4n) is 2.48. The Labute approximate surface area is 170 Å². The maximum Gasteiger partial charge on any atom is 0.407 e. The van der Waals surface area contributed by atoms with Gasteiger partial charge in [-0.3, -0.25) is 9.59 Å². The molecule has 7 heteroatoms. The van der Waals surface area contributed by atoms with E-state index in [9.17, 15) is 14.4 Å². The van der Waals surface area contributed by atoms with Crippen LogP contribution in [-0.4, -0.2) is 30.1 Å². The Morgan fingerprint density at radius 2 is 1.59 bits per heavy atom. The molecule has 2 aromatic carbocycles. The van der Waals surface area contributed by atoms with Crippen molar-refractivity contribution in [1.29, 1.82) is 0 Å². The van der Waals surface area contributed by atoms with E-state index in [1.807, 2.05) is 19.1 Å². The van der Waals surface area contributed by atoms with Crippen LogP contribution in [0.5, 0.6) is 0 Å². The molecule has 0 saturated heterocycles. The molecule has 0 fully saturated rings. The lowest BCUT2D eigenvalue weighted by Crippen LogP contribution is -2.34. The van der Waals surface area contributed by atoms with Crippen molar-refractivity contribution in [3.63, 3.8) is 0 Å². The number of carbonyl (C=O) groups is 3. The SMILES string of the molecule is Cc1cccc(C(=O)Nc2cccc(NC(=O)CCNC(=O)OC(C)(C)C)c2)c1. The van der Waals surface area contributed by atoms with E-state index in [1.165, 1.54) is 0 Å². The van der Waals surface area contributed by atoms with Crippen LogP contribution in [0.15, 0.2) is 48.5 Å². The van der Waals surface area contributed by atoms with Gasteiger partial charge in [-0.2, -0.15) is 0 Å². The van der Waals surface area contributed by atoms with Gasteiger partial charge in [0.15, 0.2) is 0 Å². The summed E-state index contributed by atoms with van der Waals surface area (Å²) < 4.78 is 5.11. The zero-order valence-electron chi connectivity index (χ0n) is 17.2. The normalized spacial score (nSPS) is 10.8. The van der Waals surface area contributed by atoms with E-state index < -0.39 is 11.7 Å². The van der Waals surface area contributed by atoms with Crippen LogP contribution < -0.4 is 16.0 Å². The Morgan fingerprint density at radius 3 is 2.24 bits per heavy atom. The lowest BCUT2D eigenvalue weighted by Gasteiger charge is -2.19. The Morgan fingerprint density at radius 1 is 0.931 bits per heavy atom. The van der Waals surface area contributed by atoms with Gasteiger partial charge in [0, 0.05) is 29.9 Å². The lowest BCUT2D eigenvalue weighted by atomic mass is 10.1. The number of ether oxygens (including phenoxy) is 1. The average molecular weight is 397 g/mol. The first-order valence-corrected chi connectivity index (χ1v) is 9.37. The first kappa shape index (κ1) is 21.9. The highest BCUT2D eigenvalue weighted by atomic mass is 16.6. The number of rotatable bonds is 6. The molecule has 7 nitrogen and oxygen atoms in total. The van der Waals surface area contributed by atoms with Gasteiger partial charge in [0.1, 0.15) is 5.60 Å². The van der Waals surface area contributed by atoms with Gasteiger partial charge in [-0.15, -0.1) is 0 Å². The molecule has 0 unspecified atom stereocenters. The largest absolute Gasteiger partial charge is 0.444 e. The third kappa shape index (κ3) is 8.04. The predicted octanol–water partition coefficient (Wildman–Crippen LogP) is 4.10. The van der Waals surface area contributed by atoms with Gasteiger partial charge in [0.2, 0.25) is 5.91 Å². The third-order valence-electron chi connectivity index (χ3n) is 3.70. The minimum atomic E-state index is -0.588. The Balaban J connectivity index is 1.85. The molecule has 0 bridgehead atoms. The van der Waals surface area contributed by atoms with Gasteiger partial charge < -0.3 is 20.7 Å². The van der Waals surface area contributed by atoms with Crippen molar-refractivity contribution in [1.82, 2.24) is 5.32 Å². The lowest BCUT2D eigenvalue weighted by molar-refractivity contribution is -0.116. The molecule has 2 aromatic rings. The second-order valence-electron chi connectivity index (χ2n) is 7.63. The van der Waals surface area contributed by atoms with Crippen LogP contribution in [0.4, 0.5) is 16.2 Å². The fourth-order valence-corrected chi connectivity index (χ4v) is 2.48. The molecule has 0 heterocycles. The first-order valence-electron chi connectivity index (χ1n) is 9.37. The molecule has 29 heavy (non-hydrogen) atoms. The number of carbonyl (C=O) groups excluding carboxylic acids is 3. The van der Waals surface area contributed by atoms with Crippen molar-refractivity contribution in [2.24, 2.45) is 0 Å². The minimum Gasteiger partial charge on any atom is -0.444 e. The minimum absolute atomic E-state index is 0.0964. The summed E-state index contributed by atoms with van der Waals surface area (Å²) in [6.45, 7) is 7.38. The molecule has 2 rings (SSSR count). The molecule has 0 radical (unpaired) electrons. The van der Waals surface area contributed by atoms with E-state index in [4.69, 9.17) is 4.74 Å². The topological polar surface area (TPSA) is 96.5 Å². The monoisotopic (exact) mass is 397 g/mol. The maximum atomic E-state index is 12.4. The summed E-state index contributed by atoms with van der Waals surface area (Å²) in [6, 6.07) is 14.2. The summed E-state index contributed by atoms with van der Waals surface area (Å²) in [7, 11) is 0. The highest BCUT2D eigenvalue weighted by Crippen LogP contribution is 2.17. The quantitative estimate of drug-likeness (QED) is 0.684. The molecule has 0 saturated carbocycles. The molecule has 0 aliphatic heterocycles. The second-order valence-corrected chi connectivity index (χ2v) is 7.63.